The summed E-state index contributed by atoms with van der Waals surface area (Å²) in [7, 11) is 0. The number of aromatic nitrogens is 4. The lowest BCUT2D eigenvalue weighted by Crippen LogP contribution is -2.09. The van der Waals surface area contributed by atoms with Crippen molar-refractivity contribution in [1.29, 1.82) is 0 Å². The minimum Gasteiger partial charge on any atom is -0.313 e. The highest BCUT2D eigenvalue weighted by atomic mass is 16.1. The van der Waals surface area contributed by atoms with Gasteiger partial charge in [-0.15, -0.1) is 0 Å². The molecule has 0 aliphatic heterocycles. The molecule has 0 radical (unpaired) electrons. The molecule has 0 aliphatic rings. The first-order chi connectivity index (χ1) is 7.36. The van der Waals surface area contributed by atoms with Crippen molar-refractivity contribution in [2.45, 2.75) is 0 Å². The van der Waals surface area contributed by atoms with Crippen molar-refractivity contribution in [2.75, 3.05) is 0 Å². The first kappa shape index (κ1) is 8.05. The van der Waals surface area contributed by atoms with Gasteiger partial charge in [-0.1, -0.05) is 0 Å². The van der Waals surface area contributed by atoms with Gasteiger partial charge in [-0.2, -0.15) is 0 Å². The minimum atomic E-state index is -0.120. The standard InChI is InChI=1S/C10H8N4O/c15-10-8-3-6-14(9(8)11-7-12-10)13-4-1-2-5-13/h1-7H,(H,11,12,15). The number of hydrogen-bond acceptors (Lipinski definition) is 2. The van der Waals surface area contributed by atoms with Crippen LogP contribution < -0.4 is 5.56 Å². The summed E-state index contributed by atoms with van der Waals surface area (Å²) in [5.41, 5.74) is 0.529. The van der Waals surface area contributed by atoms with Gasteiger partial charge < -0.3 is 4.98 Å². The molecule has 0 fully saturated rings. The van der Waals surface area contributed by atoms with Crippen LogP contribution in [0, 0.1) is 0 Å². The molecule has 3 aromatic rings. The molecule has 0 saturated heterocycles. The van der Waals surface area contributed by atoms with Crippen LogP contribution in [0.4, 0.5) is 0 Å². The predicted octanol–water partition coefficient (Wildman–Crippen LogP) is 0.837. The van der Waals surface area contributed by atoms with E-state index < -0.39 is 0 Å². The Morgan fingerprint density at radius 2 is 2.00 bits per heavy atom. The number of aromatic amines is 1. The van der Waals surface area contributed by atoms with E-state index in [1.165, 1.54) is 6.33 Å². The molecule has 3 aromatic heterocycles. The van der Waals surface area contributed by atoms with Crippen molar-refractivity contribution < 1.29 is 0 Å². The van der Waals surface area contributed by atoms with Crippen molar-refractivity contribution in [3.8, 4) is 0 Å². The van der Waals surface area contributed by atoms with E-state index in [1.54, 1.807) is 6.07 Å². The van der Waals surface area contributed by atoms with Crippen molar-refractivity contribution in [1.82, 2.24) is 19.3 Å². The second-order valence-corrected chi connectivity index (χ2v) is 3.19. The Morgan fingerprint density at radius 3 is 2.80 bits per heavy atom. The summed E-state index contributed by atoms with van der Waals surface area (Å²) in [6.07, 6.45) is 7.00. The molecule has 0 saturated carbocycles. The molecule has 15 heavy (non-hydrogen) atoms. The Bertz CT molecular complexity index is 647. The molecule has 0 unspecified atom stereocenters. The van der Waals surface area contributed by atoms with Crippen molar-refractivity contribution in [3.05, 3.63) is 53.5 Å². The Kier molecular flexibility index (Phi) is 1.53. The van der Waals surface area contributed by atoms with Gasteiger partial charge in [-0.05, 0) is 18.2 Å². The highest BCUT2D eigenvalue weighted by Crippen LogP contribution is 2.08. The zero-order valence-corrected chi connectivity index (χ0v) is 7.79. The third-order valence-electron chi connectivity index (χ3n) is 2.30. The number of nitrogens with zero attached hydrogens (tertiary/aromatic N) is 3. The average molecular weight is 200 g/mol. The maximum Gasteiger partial charge on any atom is 0.260 e. The normalized spacial score (nSPS) is 10.9. The van der Waals surface area contributed by atoms with Crippen LogP contribution in [-0.2, 0) is 0 Å². The fraction of sp³-hybridized carbons (Fsp3) is 0. The second-order valence-electron chi connectivity index (χ2n) is 3.19. The summed E-state index contributed by atoms with van der Waals surface area (Å²) >= 11 is 0. The van der Waals surface area contributed by atoms with Crippen LogP contribution in [0.3, 0.4) is 0 Å². The van der Waals surface area contributed by atoms with Gasteiger partial charge in [0.05, 0.1) is 11.7 Å². The van der Waals surface area contributed by atoms with Crippen LogP contribution in [0.15, 0.2) is 47.9 Å². The lowest BCUT2D eigenvalue weighted by atomic mass is 10.4. The van der Waals surface area contributed by atoms with Crippen molar-refractivity contribution in [3.63, 3.8) is 0 Å². The van der Waals surface area contributed by atoms with E-state index in [1.807, 2.05) is 40.1 Å². The van der Waals surface area contributed by atoms with Crippen molar-refractivity contribution >= 4 is 11.0 Å². The maximum absolute atomic E-state index is 11.4. The van der Waals surface area contributed by atoms with Gasteiger partial charge in [0, 0.05) is 18.6 Å². The third kappa shape index (κ3) is 1.10. The monoisotopic (exact) mass is 200 g/mol. The van der Waals surface area contributed by atoms with E-state index >= 15 is 0 Å². The van der Waals surface area contributed by atoms with Gasteiger partial charge in [0.2, 0.25) is 0 Å². The molecular formula is C10H8N4O. The van der Waals surface area contributed by atoms with Gasteiger partial charge in [0.15, 0.2) is 5.65 Å². The number of nitrogens with one attached hydrogen (secondary N) is 1. The topological polar surface area (TPSA) is 55.6 Å². The number of H-pyrrole nitrogens is 1. The van der Waals surface area contributed by atoms with Gasteiger partial charge >= 0.3 is 0 Å². The Labute approximate surface area is 84.6 Å². The number of rotatable bonds is 1. The van der Waals surface area contributed by atoms with E-state index in [9.17, 15) is 4.79 Å². The Balaban J connectivity index is 2.39. The largest absolute Gasteiger partial charge is 0.313 e. The highest BCUT2D eigenvalue weighted by Gasteiger charge is 2.05. The molecule has 3 heterocycles. The van der Waals surface area contributed by atoms with Crippen molar-refractivity contribution in [2.24, 2.45) is 0 Å². The minimum absolute atomic E-state index is 0.120. The van der Waals surface area contributed by atoms with Crippen LogP contribution in [0.1, 0.15) is 0 Å². The smallest absolute Gasteiger partial charge is 0.260 e. The third-order valence-corrected chi connectivity index (χ3v) is 2.30. The zero-order valence-electron chi connectivity index (χ0n) is 7.79. The molecule has 3 rings (SSSR count). The summed E-state index contributed by atoms with van der Waals surface area (Å²) in [4.78, 5) is 18.1. The molecule has 1 N–H and O–H groups in total. The summed E-state index contributed by atoms with van der Waals surface area (Å²) in [5, 5.41) is 0.589. The number of fused-ring (bicyclic) bond motifs is 1. The fourth-order valence-electron chi connectivity index (χ4n) is 1.60. The molecule has 0 aromatic carbocycles. The zero-order chi connectivity index (χ0) is 10.3. The molecule has 5 heteroatoms. The SMILES string of the molecule is O=c1[nH]cnc2c1ccn2-n1cccc1. The first-order valence-electron chi connectivity index (χ1n) is 4.54. The summed E-state index contributed by atoms with van der Waals surface area (Å²) in [6, 6.07) is 5.58. The fourth-order valence-corrected chi connectivity index (χ4v) is 1.60. The molecule has 0 bridgehead atoms. The molecule has 0 spiro atoms. The lowest BCUT2D eigenvalue weighted by molar-refractivity contribution is 0.685. The van der Waals surface area contributed by atoms with Crippen LogP contribution in [0.25, 0.3) is 11.0 Å². The van der Waals surface area contributed by atoms with Crippen LogP contribution in [-0.4, -0.2) is 19.3 Å². The van der Waals surface area contributed by atoms with Gasteiger partial charge in [-0.3, -0.25) is 9.47 Å². The van der Waals surface area contributed by atoms with Gasteiger partial charge in [0.25, 0.3) is 5.56 Å². The quantitative estimate of drug-likeness (QED) is 0.632. The molecular weight excluding hydrogens is 192 g/mol. The van der Waals surface area contributed by atoms with E-state index in [0.717, 1.165) is 0 Å². The number of hydrogen-bond donors (Lipinski definition) is 1. The predicted molar refractivity (Wildman–Crippen MR) is 55.6 cm³/mol. The molecule has 0 aliphatic carbocycles. The summed E-state index contributed by atoms with van der Waals surface area (Å²) < 4.78 is 3.67. The van der Waals surface area contributed by atoms with E-state index in [2.05, 4.69) is 9.97 Å². The molecule has 0 atom stereocenters. The lowest BCUT2D eigenvalue weighted by Gasteiger charge is -2.04. The first-order valence-corrected chi connectivity index (χ1v) is 4.54. The van der Waals surface area contributed by atoms with E-state index in [0.29, 0.717) is 11.0 Å². The molecule has 5 nitrogen and oxygen atoms in total. The van der Waals surface area contributed by atoms with Crippen LogP contribution in [0.5, 0.6) is 0 Å². The van der Waals surface area contributed by atoms with Gasteiger partial charge in [0.1, 0.15) is 0 Å². The van der Waals surface area contributed by atoms with E-state index in [4.69, 9.17) is 0 Å². The van der Waals surface area contributed by atoms with Gasteiger partial charge in [-0.25, -0.2) is 9.66 Å². The maximum atomic E-state index is 11.4. The van der Waals surface area contributed by atoms with Crippen LogP contribution in [0.2, 0.25) is 0 Å². The van der Waals surface area contributed by atoms with E-state index in [-0.39, 0.29) is 5.56 Å². The summed E-state index contributed by atoms with van der Waals surface area (Å²) in [6.45, 7) is 0. The second kappa shape index (κ2) is 2.84. The Hall–Kier alpha value is -2.30. The molecule has 0 amide bonds. The molecule has 74 valence electrons. The summed E-state index contributed by atoms with van der Waals surface area (Å²) in [5.74, 6) is 0. The average Bonchev–Trinajstić information content (AvgIpc) is 2.85. The highest BCUT2D eigenvalue weighted by molar-refractivity contribution is 5.74. The Morgan fingerprint density at radius 1 is 1.20 bits per heavy atom. The van der Waals surface area contributed by atoms with Crippen LogP contribution >= 0.6 is 0 Å².